The van der Waals surface area contributed by atoms with Crippen molar-refractivity contribution in [3.8, 4) is 5.75 Å². The fourth-order valence-electron chi connectivity index (χ4n) is 3.12. The van der Waals surface area contributed by atoms with Crippen LogP contribution in [0.2, 0.25) is 0 Å². The van der Waals surface area contributed by atoms with Crippen LogP contribution in [0, 0.1) is 6.92 Å². The molecule has 1 fully saturated rings. The fraction of sp³-hybridized carbons (Fsp3) is 0.381. The first-order chi connectivity index (χ1) is 11.7. The summed E-state index contributed by atoms with van der Waals surface area (Å²) in [6.45, 7) is 5.59. The maximum absolute atomic E-state index is 12.7. The summed E-state index contributed by atoms with van der Waals surface area (Å²) in [7, 11) is 0. The van der Waals surface area contributed by atoms with Crippen LogP contribution in [0.3, 0.4) is 0 Å². The molecule has 0 aromatic heterocycles. The fourth-order valence-corrected chi connectivity index (χ4v) is 3.12. The third-order valence-electron chi connectivity index (χ3n) is 4.53. The molecule has 2 aromatic carbocycles. The molecule has 0 bridgehead atoms. The van der Waals surface area contributed by atoms with Gasteiger partial charge >= 0.3 is 0 Å². The topological polar surface area (TPSA) is 29.5 Å². The van der Waals surface area contributed by atoms with Gasteiger partial charge in [-0.2, -0.15) is 0 Å². The molecule has 0 N–H and O–H groups in total. The van der Waals surface area contributed by atoms with Crippen molar-refractivity contribution >= 4 is 5.78 Å². The number of ketones is 1. The number of likely N-dealkylation sites (tertiary alicyclic amines) is 1. The van der Waals surface area contributed by atoms with Crippen molar-refractivity contribution in [2.75, 3.05) is 19.6 Å². The molecule has 3 nitrogen and oxygen atoms in total. The van der Waals surface area contributed by atoms with E-state index in [4.69, 9.17) is 4.74 Å². The Morgan fingerprint density at radius 3 is 2.58 bits per heavy atom. The van der Waals surface area contributed by atoms with E-state index in [9.17, 15) is 4.79 Å². The van der Waals surface area contributed by atoms with Gasteiger partial charge in [-0.1, -0.05) is 42.0 Å². The largest absolute Gasteiger partial charge is 0.488 e. The first kappa shape index (κ1) is 16.7. The summed E-state index contributed by atoms with van der Waals surface area (Å²) in [6.07, 6.45) is 3.07. The molecule has 126 valence electrons. The van der Waals surface area contributed by atoms with Gasteiger partial charge in [0.05, 0.1) is 5.56 Å². The van der Waals surface area contributed by atoms with Crippen molar-refractivity contribution in [1.82, 2.24) is 4.90 Å². The average molecular weight is 323 g/mol. The Bertz CT molecular complexity index is 675. The molecule has 3 heteroatoms. The number of aryl methyl sites for hydroxylation is 1. The van der Waals surface area contributed by atoms with E-state index >= 15 is 0 Å². The highest BCUT2D eigenvalue weighted by Gasteiger charge is 2.17. The first-order valence-electron chi connectivity index (χ1n) is 8.75. The van der Waals surface area contributed by atoms with Crippen LogP contribution in [0.1, 0.15) is 40.7 Å². The number of benzene rings is 2. The maximum Gasteiger partial charge on any atom is 0.167 e. The van der Waals surface area contributed by atoms with Crippen molar-refractivity contribution < 1.29 is 9.53 Å². The number of rotatable bonds is 7. The van der Waals surface area contributed by atoms with Crippen LogP contribution in [0.15, 0.2) is 48.5 Å². The van der Waals surface area contributed by atoms with E-state index in [0.29, 0.717) is 24.3 Å². The molecule has 2 aromatic rings. The molecule has 0 unspecified atom stereocenters. The lowest BCUT2D eigenvalue weighted by molar-refractivity contribution is 0.0964. The second kappa shape index (κ2) is 8.11. The normalized spacial score (nSPS) is 14.7. The first-order valence-corrected chi connectivity index (χ1v) is 8.75. The Labute approximate surface area is 144 Å². The average Bonchev–Trinajstić information content (AvgIpc) is 3.13. The highest BCUT2D eigenvalue weighted by Crippen LogP contribution is 2.23. The molecule has 1 heterocycles. The maximum atomic E-state index is 12.7. The third kappa shape index (κ3) is 4.45. The van der Waals surface area contributed by atoms with Crippen LogP contribution in [0.4, 0.5) is 0 Å². The van der Waals surface area contributed by atoms with Gasteiger partial charge in [0, 0.05) is 13.0 Å². The Morgan fingerprint density at radius 2 is 1.83 bits per heavy atom. The zero-order valence-corrected chi connectivity index (χ0v) is 14.3. The van der Waals surface area contributed by atoms with Gasteiger partial charge in [0.1, 0.15) is 12.4 Å². The molecule has 1 aliphatic rings. The Hall–Kier alpha value is -2.13. The Balaban J connectivity index is 1.66. The summed E-state index contributed by atoms with van der Waals surface area (Å²) in [5.41, 5.74) is 2.91. The number of hydrogen-bond acceptors (Lipinski definition) is 3. The van der Waals surface area contributed by atoms with Gasteiger partial charge in [-0.3, -0.25) is 4.79 Å². The summed E-state index contributed by atoms with van der Waals surface area (Å²) in [5.74, 6) is 0.865. The molecule has 0 amide bonds. The molecule has 24 heavy (non-hydrogen) atoms. The van der Waals surface area contributed by atoms with Crippen molar-refractivity contribution in [1.29, 1.82) is 0 Å². The lowest BCUT2D eigenvalue weighted by Gasteiger charge is -2.15. The molecule has 0 aliphatic carbocycles. The molecule has 1 saturated heterocycles. The second-order valence-corrected chi connectivity index (χ2v) is 6.50. The smallest absolute Gasteiger partial charge is 0.167 e. The lowest BCUT2D eigenvalue weighted by Crippen LogP contribution is -2.22. The van der Waals surface area contributed by atoms with Gasteiger partial charge < -0.3 is 9.64 Å². The molecule has 0 radical (unpaired) electrons. The summed E-state index contributed by atoms with van der Waals surface area (Å²) >= 11 is 0. The zero-order valence-electron chi connectivity index (χ0n) is 14.3. The molecule has 0 atom stereocenters. The van der Waals surface area contributed by atoms with E-state index in [2.05, 4.69) is 4.90 Å². The minimum atomic E-state index is 0.175. The quantitative estimate of drug-likeness (QED) is 0.714. The standard InChI is InChI=1S/C21H25NO2/c1-17-9-10-21(24-16-18-7-3-2-4-8-18)19(15-17)20(23)11-14-22-12-5-6-13-22/h2-4,7-10,15H,5-6,11-14,16H2,1H3. The molecular formula is C21H25NO2. The van der Waals surface area contributed by atoms with Gasteiger partial charge in [-0.05, 0) is 50.6 Å². The van der Waals surface area contributed by atoms with Crippen molar-refractivity contribution in [3.05, 3.63) is 65.2 Å². The number of carbonyl (C=O) groups excluding carboxylic acids is 1. The minimum Gasteiger partial charge on any atom is -0.488 e. The summed E-state index contributed by atoms with van der Waals surface area (Å²) < 4.78 is 5.94. The highest BCUT2D eigenvalue weighted by molar-refractivity contribution is 5.99. The SMILES string of the molecule is Cc1ccc(OCc2ccccc2)c(C(=O)CCN2CCCC2)c1. The minimum absolute atomic E-state index is 0.175. The van der Waals surface area contributed by atoms with Gasteiger partial charge in [-0.25, -0.2) is 0 Å². The third-order valence-corrected chi connectivity index (χ3v) is 4.53. The predicted octanol–water partition coefficient (Wildman–Crippen LogP) is 4.24. The van der Waals surface area contributed by atoms with E-state index in [0.717, 1.165) is 30.8 Å². The van der Waals surface area contributed by atoms with Crippen molar-refractivity contribution in [2.45, 2.75) is 32.8 Å². The predicted molar refractivity (Wildman–Crippen MR) is 96.6 cm³/mol. The number of nitrogens with zero attached hydrogens (tertiary/aromatic N) is 1. The molecule has 3 rings (SSSR count). The van der Waals surface area contributed by atoms with E-state index < -0.39 is 0 Å². The molecular weight excluding hydrogens is 298 g/mol. The number of hydrogen-bond donors (Lipinski definition) is 0. The second-order valence-electron chi connectivity index (χ2n) is 6.50. The Morgan fingerprint density at radius 1 is 1.08 bits per heavy atom. The van der Waals surface area contributed by atoms with E-state index in [1.165, 1.54) is 12.8 Å². The van der Waals surface area contributed by atoms with E-state index in [1.54, 1.807) is 0 Å². The molecule has 1 aliphatic heterocycles. The zero-order chi connectivity index (χ0) is 16.8. The number of ether oxygens (including phenoxy) is 1. The highest BCUT2D eigenvalue weighted by atomic mass is 16.5. The van der Waals surface area contributed by atoms with Crippen LogP contribution >= 0.6 is 0 Å². The lowest BCUT2D eigenvalue weighted by atomic mass is 10.0. The van der Waals surface area contributed by atoms with E-state index in [1.807, 2.05) is 55.5 Å². The molecule has 0 saturated carbocycles. The summed E-state index contributed by atoms with van der Waals surface area (Å²) in [5, 5.41) is 0. The van der Waals surface area contributed by atoms with Crippen molar-refractivity contribution in [2.24, 2.45) is 0 Å². The van der Waals surface area contributed by atoms with E-state index in [-0.39, 0.29) is 5.78 Å². The summed E-state index contributed by atoms with van der Waals surface area (Å²) in [4.78, 5) is 15.1. The van der Waals surface area contributed by atoms with Crippen LogP contribution in [0.25, 0.3) is 0 Å². The number of Topliss-reactive ketones (excluding diaryl/α,β-unsaturated/α-hetero) is 1. The van der Waals surface area contributed by atoms with Crippen LogP contribution < -0.4 is 4.74 Å². The van der Waals surface area contributed by atoms with Crippen LogP contribution in [0.5, 0.6) is 5.75 Å². The van der Waals surface area contributed by atoms with Gasteiger partial charge in [0.15, 0.2) is 5.78 Å². The monoisotopic (exact) mass is 323 g/mol. The summed E-state index contributed by atoms with van der Waals surface area (Å²) in [6, 6.07) is 15.9. The van der Waals surface area contributed by atoms with Gasteiger partial charge in [-0.15, -0.1) is 0 Å². The number of carbonyl (C=O) groups is 1. The van der Waals surface area contributed by atoms with Crippen molar-refractivity contribution in [3.63, 3.8) is 0 Å². The van der Waals surface area contributed by atoms with Gasteiger partial charge in [0.25, 0.3) is 0 Å². The van der Waals surface area contributed by atoms with Crippen LogP contribution in [-0.4, -0.2) is 30.3 Å². The van der Waals surface area contributed by atoms with Gasteiger partial charge in [0.2, 0.25) is 0 Å². The van der Waals surface area contributed by atoms with Crippen LogP contribution in [-0.2, 0) is 6.61 Å². The molecule has 0 spiro atoms. The Kier molecular flexibility index (Phi) is 5.65.